The lowest BCUT2D eigenvalue weighted by Crippen LogP contribution is -2.79. The molecule has 5 aliphatic rings. The average Bonchev–Trinajstić information content (AvgIpc) is 3.18. The summed E-state index contributed by atoms with van der Waals surface area (Å²) in [4.78, 5) is 52.1. The molecule has 214 valence electrons. The summed E-state index contributed by atoms with van der Waals surface area (Å²) in [6.45, 7) is 8.92. The van der Waals surface area contributed by atoms with E-state index >= 15 is 0 Å². The van der Waals surface area contributed by atoms with Crippen LogP contribution in [0, 0.1) is 34.5 Å². The summed E-state index contributed by atoms with van der Waals surface area (Å²) in [6, 6.07) is 0. The second-order valence-electron chi connectivity index (χ2n) is 12.3. The quantitative estimate of drug-likeness (QED) is 0.256. The Morgan fingerprint density at radius 1 is 1.15 bits per heavy atom. The molecule has 2 saturated carbocycles. The van der Waals surface area contributed by atoms with Crippen molar-refractivity contribution in [1.29, 1.82) is 0 Å². The molecular weight excluding hydrogens is 512 g/mol. The van der Waals surface area contributed by atoms with E-state index in [4.69, 9.17) is 18.9 Å². The zero-order valence-electron chi connectivity index (χ0n) is 22.9. The van der Waals surface area contributed by atoms with Crippen molar-refractivity contribution in [2.75, 3.05) is 13.7 Å². The first-order valence-electron chi connectivity index (χ1n) is 13.3. The van der Waals surface area contributed by atoms with Gasteiger partial charge in [0.15, 0.2) is 23.2 Å². The highest BCUT2D eigenvalue weighted by molar-refractivity contribution is 5.99. The highest BCUT2D eigenvalue weighted by Gasteiger charge is 2.84. The van der Waals surface area contributed by atoms with Gasteiger partial charge in [-0.15, -0.1) is 0 Å². The maximum Gasteiger partial charge on any atom is 0.341 e. The van der Waals surface area contributed by atoms with Gasteiger partial charge in [0, 0.05) is 23.8 Å². The van der Waals surface area contributed by atoms with E-state index < -0.39 is 82.3 Å². The van der Waals surface area contributed by atoms with Crippen molar-refractivity contribution < 1.29 is 53.4 Å². The molecule has 3 aliphatic carbocycles. The molecule has 0 aromatic rings. The molecule has 11 heteroatoms. The summed E-state index contributed by atoms with van der Waals surface area (Å²) in [7, 11) is 1.09. The third kappa shape index (κ3) is 3.42. The largest absolute Gasteiger partial charge is 0.467 e. The van der Waals surface area contributed by atoms with Gasteiger partial charge in [-0.1, -0.05) is 26.3 Å². The molecule has 1 unspecified atom stereocenters. The van der Waals surface area contributed by atoms with Crippen LogP contribution in [0.4, 0.5) is 0 Å². The number of rotatable bonds is 4. The van der Waals surface area contributed by atoms with E-state index in [0.717, 1.165) is 12.7 Å². The van der Waals surface area contributed by atoms with Gasteiger partial charge in [-0.2, -0.15) is 0 Å². The van der Waals surface area contributed by atoms with E-state index in [0.29, 0.717) is 5.57 Å². The maximum absolute atomic E-state index is 13.5. The van der Waals surface area contributed by atoms with Crippen LogP contribution in [0.3, 0.4) is 0 Å². The van der Waals surface area contributed by atoms with Crippen LogP contribution in [0.2, 0.25) is 0 Å². The Balaban J connectivity index is 1.63. The summed E-state index contributed by atoms with van der Waals surface area (Å²) in [6.07, 6.45) is -4.80. The molecule has 39 heavy (non-hydrogen) atoms. The van der Waals surface area contributed by atoms with Crippen molar-refractivity contribution in [3.8, 4) is 0 Å². The van der Waals surface area contributed by atoms with Crippen molar-refractivity contribution in [3.05, 3.63) is 23.0 Å². The van der Waals surface area contributed by atoms with Crippen LogP contribution >= 0.6 is 0 Å². The van der Waals surface area contributed by atoms with E-state index in [1.807, 2.05) is 13.8 Å². The number of methoxy groups -OCH3 is 1. The van der Waals surface area contributed by atoms with E-state index in [9.17, 15) is 34.5 Å². The molecule has 11 nitrogen and oxygen atoms in total. The zero-order chi connectivity index (χ0) is 28.8. The normalized spacial score (nSPS) is 45.0. The smallest absolute Gasteiger partial charge is 0.341 e. The second kappa shape index (κ2) is 8.95. The van der Waals surface area contributed by atoms with Crippen LogP contribution in [0.5, 0.6) is 0 Å². The van der Waals surface area contributed by atoms with Gasteiger partial charge in [-0.05, 0) is 43.1 Å². The lowest BCUT2D eigenvalue weighted by Gasteiger charge is -2.67. The van der Waals surface area contributed by atoms with Crippen LogP contribution in [0.25, 0.3) is 0 Å². The molecule has 2 bridgehead atoms. The molecule has 2 heterocycles. The van der Waals surface area contributed by atoms with Crippen molar-refractivity contribution in [3.63, 3.8) is 0 Å². The summed E-state index contributed by atoms with van der Waals surface area (Å²) in [5.41, 5.74) is -3.22. The predicted molar refractivity (Wildman–Crippen MR) is 131 cm³/mol. The Labute approximate surface area is 226 Å². The van der Waals surface area contributed by atoms with Crippen molar-refractivity contribution in [2.24, 2.45) is 34.5 Å². The van der Waals surface area contributed by atoms with Gasteiger partial charge >= 0.3 is 17.9 Å². The Hall–Kier alpha value is -2.60. The number of esters is 3. The SMILES string of the molecule is COC(=O)[C@@]12OC[C@]34C([C@@H](O)[C@@H]1O)[C@@]1(C)CC(=O)C(OC(=O)/C=C(\C)C(C)C)=C(C)[C@@H]1C[C@H]3OC(=O)[C@H](O)[C@@H]24. The fourth-order valence-electron chi connectivity index (χ4n) is 8.37. The van der Waals surface area contributed by atoms with Gasteiger partial charge in [0.05, 0.1) is 25.7 Å². The summed E-state index contributed by atoms with van der Waals surface area (Å²) >= 11 is 0. The highest BCUT2D eigenvalue weighted by atomic mass is 16.6. The minimum absolute atomic E-state index is 0.0811. The number of carbonyl (C=O) groups excluding carboxylic acids is 4. The number of aliphatic hydroxyl groups excluding tert-OH is 3. The van der Waals surface area contributed by atoms with E-state index in [1.54, 1.807) is 20.8 Å². The molecule has 0 aromatic heterocycles. The Morgan fingerprint density at radius 2 is 1.82 bits per heavy atom. The Bertz CT molecular complexity index is 1200. The fraction of sp³-hybridized carbons (Fsp3) is 0.714. The number of carbonyl (C=O) groups is 4. The van der Waals surface area contributed by atoms with E-state index in [2.05, 4.69) is 0 Å². The predicted octanol–water partition coefficient (Wildman–Crippen LogP) is 0.587. The summed E-state index contributed by atoms with van der Waals surface area (Å²) in [5, 5.41) is 34.1. The van der Waals surface area contributed by atoms with Crippen LogP contribution in [0.1, 0.15) is 47.5 Å². The molecule has 10 atom stereocenters. The third-order valence-electron chi connectivity index (χ3n) is 10.3. The standard InChI is InChI=1S/C28H36O11/c1-11(2)12(3)7-17(30)39-20-13(4)14-8-16-27-10-37-28(25(35)36-6,22(27)19(32)24(34)38-16)23(33)18(31)21(27)26(14,5)9-15(20)29/h7,11,14,16,18-19,21-23,31-33H,8-10H2,1-6H3/b12-7+/t14-,16+,18+,19+,21?,22+,23-,26-,27+,28-/m0/s1. The first kappa shape index (κ1) is 27.9. The van der Waals surface area contributed by atoms with Crippen molar-refractivity contribution in [1.82, 2.24) is 0 Å². The monoisotopic (exact) mass is 548 g/mol. The number of hydrogen-bond acceptors (Lipinski definition) is 11. The number of hydrogen-bond donors (Lipinski definition) is 3. The molecule has 0 amide bonds. The van der Waals surface area contributed by atoms with Crippen LogP contribution in [-0.4, -0.2) is 82.7 Å². The lowest BCUT2D eigenvalue weighted by atomic mass is 9.38. The zero-order valence-corrected chi connectivity index (χ0v) is 22.9. The van der Waals surface area contributed by atoms with Gasteiger partial charge in [-0.3, -0.25) is 4.79 Å². The minimum atomic E-state index is -2.18. The molecule has 3 N–H and O–H groups in total. The van der Waals surface area contributed by atoms with Gasteiger partial charge < -0.3 is 34.3 Å². The van der Waals surface area contributed by atoms with Crippen LogP contribution < -0.4 is 0 Å². The number of ether oxygens (including phenoxy) is 4. The summed E-state index contributed by atoms with van der Waals surface area (Å²) in [5.74, 6) is -5.75. The maximum atomic E-state index is 13.5. The molecule has 2 saturated heterocycles. The van der Waals surface area contributed by atoms with Crippen LogP contribution in [0.15, 0.2) is 23.0 Å². The van der Waals surface area contributed by atoms with Gasteiger partial charge in [0.25, 0.3) is 0 Å². The molecule has 0 radical (unpaired) electrons. The van der Waals surface area contributed by atoms with E-state index in [1.165, 1.54) is 6.08 Å². The van der Waals surface area contributed by atoms with Crippen molar-refractivity contribution >= 4 is 23.7 Å². The number of Topliss-reactive ketones (excluding diaryl/α,β-unsaturated/α-hetero) is 1. The number of ketones is 1. The van der Waals surface area contributed by atoms with Gasteiger partial charge in [0.2, 0.25) is 0 Å². The first-order valence-corrected chi connectivity index (χ1v) is 13.3. The number of allylic oxidation sites excluding steroid dienone is 3. The number of fused-ring (bicyclic) bond motifs is 2. The molecule has 5 rings (SSSR count). The molecule has 2 aliphatic heterocycles. The Morgan fingerprint density at radius 3 is 2.44 bits per heavy atom. The molecule has 4 fully saturated rings. The van der Waals surface area contributed by atoms with Crippen molar-refractivity contribution in [2.45, 2.75) is 77.5 Å². The lowest BCUT2D eigenvalue weighted by molar-refractivity contribution is -0.289. The fourth-order valence-corrected chi connectivity index (χ4v) is 8.37. The summed E-state index contributed by atoms with van der Waals surface area (Å²) < 4.78 is 22.2. The second-order valence-corrected chi connectivity index (χ2v) is 12.3. The van der Waals surface area contributed by atoms with Crippen LogP contribution in [-0.2, 0) is 38.1 Å². The topological polar surface area (TPSA) is 166 Å². The minimum Gasteiger partial charge on any atom is -0.467 e. The molecular formula is C28H36O11. The van der Waals surface area contributed by atoms with Gasteiger partial charge in [0.1, 0.15) is 12.2 Å². The highest BCUT2D eigenvalue weighted by Crippen LogP contribution is 2.72. The van der Waals surface area contributed by atoms with E-state index in [-0.39, 0.29) is 31.1 Å². The molecule has 1 spiro atoms. The first-order chi connectivity index (χ1) is 18.2. The third-order valence-corrected chi connectivity index (χ3v) is 10.3. The van der Waals surface area contributed by atoms with Gasteiger partial charge in [-0.25, -0.2) is 14.4 Å². The Kier molecular flexibility index (Phi) is 6.42. The molecule has 0 aromatic carbocycles. The number of aliphatic hydroxyl groups is 3. The average molecular weight is 549 g/mol.